The molecule has 4 heteroatoms. The molecule has 43 heavy (non-hydrogen) atoms. The van der Waals surface area contributed by atoms with Crippen LogP contribution in [0.15, 0.2) is 152 Å². The average molecular weight is 568 g/mol. The van der Waals surface area contributed by atoms with Crippen LogP contribution in [0.4, 0.5) is 0 Å². The predicted octanol–water partition coefficient (Wildman–Crippen LogP) is 10.6. The molecule has 202 valence electrons. The number of rotatable bonds is 5. The maximum absolute atomic E-state index is 5.00. The van der Waals surface area contributed by atoms with E-state index in [4.69, 9.17) is 15.0 Å². The zero-order chi connectivity index (χ0) is 28.6. The molecular formula is C39H25N3S. The average Bonchev–Trinajstić information content (AvgIpc) is 3.48. The number of aromatic nitrogens is 3. The van der Waals surface area contributed by atoms with Crippen molar-refractivity contribution in [2.24, 2.45) is 0 Å². The fourth-order valence-corrected chi connectivity index (χ4v) is 6.83. The smallest absolute Gasteiger partial charge is 0.164 e. The first-order valence-corrected chi connectivity index (χ1v) is 15.1. The summed E-state index contributed by atoms with van der Waals surface area (Å²) < 4.78 is 2.62. The van der Waals surface area contributed by atoms with Crippen molar-refractivity contribution in [2.45, 2.75) is 0 Å². The Morgan fingerprint density at radius 3 is 1.60 bits per heavy atom. The van der Waals surface area contributed by atoms with Crippen LogP contribution in [0.25, 0.3) is 76.6 Å². The SMILES string of the molecule is c1ccc(-c2cccc(-c3nc(-c4ccccc4)nc(-c4ccc(-c5cccc6c5sc5ccccc56)cc4)n3)c2)cc1. The van der Waals surface area contributed by atoms with E-state index in [1.54, 1.807) is 0 Å². The fourth-order valence-electron chi connectivity index (χ4n) is 5.59. The summed E-state index contributed by atoms with van der Waals surface area (Å²) in [5.74, 6) is 1.96. The van der Waals surface area contributed by atoms with Gasteiger partial charge in [0.2, 0.25) is 0 Å². The zero-order valence-corrected chi connectivity index (χ0v) is 24.0. The van der Waals surface area contributed by atoms with Crippen LogP contribution < -0.4 is 0 Å². The van der Waals surface area contributed by atoms with Gasteiger partial charge in [-0.15, -0.1) is 11.3 Å². The lowest BCUT2D eigenvalue weighted by atomic mass is 10.0. The standard InChI is InChI=1S/C39H25N3S/c1-3-11-26(12-4-1)30-15-9-16-31(25-30)39-41-37(28-13-5-2-6-14-28)40-38(42-39)29-23-21-27(22-24-29)32-18-10-19-34-33-17-7-8-20-35(33)43-36(32)34/h1-25H. The molecule has 2 aromatic heterocycles. The van der Waals surface area contributed by atoms with Gasteiger partial charge < -0.3 is 0 Å². The number of benzene rings is 6. The van der Waals surface area contributed by atoms with Gasteiger partial charge in [-0.05, 0) is 34.4 Å². The van der Waals surface area contributed by atoms with Gasteiger partial charge >= 0.3 is 0 Å². The van der Waals surface area contributed by atoms with Gasteiger partial charge in [-0.2, -0.15) is 0 Å². The zero-order valence-electron chi connectivity index (χ0n) is 23.2. The van der Waals surface area contributed by atoms with Gasteiger partial charge in [0.1, 0.15) is 0 Å². The molecule has 0 aliphatic rings. The van der Waals surface area contributed by atoms with Gasteiger partial charge in [0.05, 0.1) is 0 Å². The largest absolute Gasteiger partial charge is 0.208 e. The Labute approximate surface area is 253 Å². The van der Waals surface area contributed by atoms with Crippen molar-refractivity contribution in [3.63, 3.8) is 0 Å². The third-order valence-corrected chi connectivity index (χ3v) is 8.97. The van der Waals surface area contributed by atoms with Gasteiger partial charge in [-0.3, -0.25) is 0 Å². The van der Waals surface area contributed by atoms with Gasteiger partial charge in [0.25, 0.3) is 0 Å². The van der Waals surface area contributed by atoms with Crippen LogP contribution >= 0.6 is 11.3 Å². The normalized spacial score (nSPS) is 11.3. The monoisotopic (exact) mass is 567 g/mol. The number of nitrogens with zero attached hydrogens (tertiary/aromatic N) is 3. The number of thiophene rings is 1. The summed E-state index contributed by atoms with van der Waals surface area (Å²) in [6, 6.07) is 52.7. The lowest BCUT2D eigenvalue weighted by molar-refractivity contribution is 1.07. The molecule has 8 aromatic rings. The van der Waals surface area contributed by atoms with E-state index in [2.05, 4.69) is 115 Å². The highest BCUT2D eigenvalue weighted by Crippen LogP contribution is 2.40. The fraction of sp³-hybridized carbons (Fsp3) is 0. The third-order valence-electron chi connectivity index (χ3n) is 7.75. The lowest BCUT2D eigenvalue weighted by Gasteiger charge is -2.10. The highest BCUT2D eigenvalue weighted by molar-refractivity contribution is 7.26. The minimum atomic E-state index is 0.653. The van der Waals surface area contributed by atoms with Crippen LogP contribution in [0.5, 0.6) is 0 Å². The van der Waals surface area contributed by atoms with Gasteiger partial charge in [-0.25, -0.2) is 15.0 Å². The number of fused-ring (bicyclic) bond motifs is 3. The lowest BCUT2D eigenvalue weighted by Crippen LogP contribution is -2.00. The molecule has 0 fully saturated rings. The highest BCUT2D eigenvalue weighted by atomic mass is 32.1. The molecule has 0 spiro atoms. The van der Waals surface area contributed by atoms with Crippen molar-refractivity contribution in [3.05, 3.63) is 152 Å². The van der Waals surface area contributed by atoms with Crippen LogP contribution in [-0.2, 0) is 0 Å². The van der Waals surface area contributed by atoms with Gasteiger partial charge in [0.15, 0.2) is 17.5 Å². The summed E-state index contributed by atoms with van der Waals surface area (Å²) in [7, 11) is 0. The minimum Gasteiger partial charge on any atom is -0.208 e. The van der Waals surface area contributed by atoms with Crippen LogP contribution in [0.1, 0.15) is 0 Å². The molecule has 3 nitrogen and oxygen atoms in total. The predicted molar refractivity (Wildman–Crippen MR) is 180 cm³/mol. The topological polar surface area (TPSA) is 38.7 Å². The Morgan fingerprint density at radius 2 is 0.860 bits per heavy atom. The second kappa shape index (κ2) is 10.8. The molecule has 0 radical (unpaired) electrons. The van der Waals surface area contributed by atoms with Gasteiger partial charge in [-0.1, -0.05) is 140 Å². The van der Waals surface area contributed by atoms with E-state index in [1.807, 2.05) is 47.7 Å². The minimum absolute atomic E-state index is 0.653. The van der Waals surface area contributed by atoms with Crippen molar-refractivity contribution in [2.75, 3.05) is 0 Å². The van der Waals surface area contributed by atoms with Crippen LogP contribution in [0.2, 0.25) is 0 Å². The van der Waals surface area contributed by atoms with Crippen LogP contribution in [0, 0.1) is 0 Å². The molecular weight excluding hydrogens is 543 g/mol. The van der Waals surface area contributed by atoms with E-state index in [9.17, 15) is 0 Å². The second-order valence-corrected chi connectivity index (χ2v) is 11.5. The highest BCUT2D eigenvalue weighted by Gasteiger charge is 2.14. The summed E-state index contributed by atoms with van der Waals surface area (Å²) >= 11 is 1.85. The summed E-state index contributed by atoms with van der Waals surface area (Å²) in [6.07, 6.45) is 0. The summed E-state index contributed by atoms with van der Waals surface area (Å²) in [5.41, 5.74) is 7.56. The molecule has 0 N–H and O–H groups in total. The molecule has 0 atom stereocenters. The summed E-state index contributed by atoms with van der Waals surface area (Å²) in [5, 5.41) is 2.61. The van der Waals surface area contributed by atoms with E-state index >= 15 is 0 Å². The van der Waals surface area contributed by atoms with E-state index in [0.717, 1.165) is 27.8 Å². The first kappa shape index (κ1) is 25.3. The Morgan fingerprint density at radius 1 is 0.349 bits per heavy atom. The molecule has 2 heterocycles. The van der Waals surface area contributed by atoms with Crippen molar-refractivity contribution in [3.8, 4) is 56.4 Å². The van der Waals surface area contributed by atoms with Crippen molar-refractivity contribution < 1.29 is 0 Å². The molecule has 0 aliphatic carbocycles. The van der Waals surface area contributed by atoms with E-state index in [1.165, 1.54) is 31.3 Å². The third kappa shape index (κ3) is 4.78. The maximum Gasteiger partial charge on any atom is 0.164 e. The Bertz CT molecular complexity index is 2220. The molecule has 0 saturated carbocycles. The Hall–Kier alpha value is -5.45. The first-order chi connectivity index (χ1) is 21.3. The summed E-state index contributed by atoms with van der Waals surface area (Å²) in [6.45, 7) is 0. The molecule has 6 aromatic carbocycles. The number of hydrogen-bond acceptors (Lipinski definition) is 4. The van der Waals surface area contributed by atoms with Crippen LogP contribution in [-0.4, -0.2) is 15.0 Å². The summed E-state index contributed by atoms with van der Waals surface area (Å²) in [4.78, 5) is 14.9. The van der Waals surface area contributed by atoms with E-state index in [-0.39, 0.29) is 0 Å². The quantitative estimate of drug-likeness (QED) is 0.208. The van der Waals surface area contributed by atoms with Crippen LogP contribution in [0.3, 0.4) is 0 Å². The molecule has 0 unspecified atom stereocenters. The second-order valence-electron chi connectivity index (χ2n) is 10.5. The Kier molecular flexibility index (Phi) is 6.32. The molecule has 0 amide bonds. The maximum atomic E-state index is 5.00. The molecule has 0 saturated heterocycles. The van der Waals surface area contributed by atoms with E-state index in [0.29, 0.717) is 17.5 Å². The number of hydrogen-bond donors (Lipinski definition) is 0. The molecule has 0 bridgehead atoms. The Balaban J connectivity index is 1.22. The van der Waals surface area contributed by atoms with Gasteiger partial charge in [0, 0.05) is 36.9 Å². The molecule has 0 aliphatic heterocycles. The van der Waals surface area contributed by atoms with Crippen molar-refractivity contribution in [1.82, 2.24) is 15.0 Å². The first-order valence-electron chi connectivity index (χ1n) is 14.3. The van der Waals surface area contributed by atoms with Crippen molar-refractivity contribution >= 4 is 31.5 Å². The van der Waals surface area contributed by atoms with Crippen molar-refractivity contribution in [1.29, 1.82) is 0 Å². The van der Waals surface area contributed by atoms with E-state index < -0.39 is 0 Å². The molecule has 8 rings (SSSR count).